The molecular weight excluding hydrogens is 336 g/mol. The van der Waals surface area contributed by atoms with E-state index >= 15 is 0 Å². The topological polar surface area (TPSA) is 27.7 Å². The van der Waals surface area contributed by atoms with Crippen molar-refractivity contribution in [1.82, 2.24) is 0 Å². The largest absolute Gasteiger partial charge is 0.329 e. The minimum Gasteiger partial charge on any atom is -0.329 e. The van der Waals surface area contributed by atoms with Gasteiger partial charge in [0.25, 0.3) is 0 Å². The van der Waals surface area contributed by atoms with Gasteiger partial charge in [0, 0.05) is 0 Å². The number of halogens is 3. The second-order valence-electron chi connectivity index (χ2n) is 1.65. The van der Waals surface area contributed by atoms with Gasteiger partial charge < -0.3 is 14.2 Å². The van der Waals surface area contributed by atoms with Crippen LogP contribution in [0.1, 0.15) is 0 Å². The Kier molecular flexibility index (Phi) is 3.59. The van der Waals surface area contributed by atoms with Gasteiger partial charge in [0.15, 0.2) is 22.0 Å². The number of alkyl halides is 3. The maximum atomic E-state index is 5.06. The summed E-state index contributed by atoms with van der Waals surface area (Å²) in [7, 11) is 0. The van der Waals surface area contributed by atoms with E-state index in [9.17, 15) is 0 Å². The van der Waals surface area contributed by atoms with Crippen molar-refractivity contribution in [2.24, 2.45) is 0 Å². The van der Waals surface area contributed by atoms with Crippen molar-refractivity contribution < 1.29 is 14.2 Å². The molecule has 0 saturated carbocycles. The molecule has 0 N–H and O–H groups in total. The zero-order valence-corrected chi connectivity index (χ0v) is 9.61. The predicted molar refractivity (Wildman–Crippen MR) is 46.3 cm³/mol. The maximum absolute atomic E-state index is 5.06. The van der Waals surface area contributed by atoms with Crippen LogP contribution in [0.4, 0.5) is 0 Å². The average molecular weight is 341 g/mol. The summed E-state index contributed by atoms with van der Waals surface area (Å²) in [5, 5.41) is 0. The Balaban J connectivity index is 2.39. The molecule has 1 heterocycles. The van der Waals surface area contributed by atoms with Crippen molar-refractivity contribution in [3.8, 4) is 0 Å². The van der Waals surface area contributed by atoms with Crippen LogP contribution in [0.25, 0.3) is 0 Å². The summed E-state index contributed by atoms with van der Waals surface area (Å²) in [4.78, 5) is 0. The molecule has 0 spiro atoms. The van der Waals surface area contributed by atoms with Crippen LogP contribution in [-0.4, -0.2) is 22.0 Å². The lowest BCUT2D eigenvalue weighted by Crippen LogP contribution is -2.36. The zero-order valence-electron chi connectivity index (χ0n) is 4.85. The molecule has 0 unspecified atom stereocenters. The molecule has 0 aliphatic carbocycles. The van der Waals surface area contributed by atoms with E-state index < -0.39 is 2.14 Å². The van der Waals surface area contributed by atoms with Gasteiger partial charge in [-0.2, -0.15) is 0 Å². The van der Waals surface area contributed by atoms with E-state index in [-0.39, 0.29) is 19.9 Å². The molecule has 1 saturated heterocycles. The summed E-state index contributed by atoms with van der Waals surface area (Å²) in [5.41, 5.74) is 0. The van der Waals surface area contributed by atoms with Crippen LogP contribution in [0.5, 0.6) is 0 Å². The number of hydrogen-bond donors (Lipinski definition) is 0. The minimum atomic E-state index is -0.517. The highest BCUT2D eigenvalue weighted by molar-refractivity contribution is 9.39. The van der Waals surface area contributed by atoms with Crippen molar-refractivity contribution in [3.05, 3.63) is 0 Å². The van der Waals surface area contributed by atoms with Crippen LogP contribution in [0, 0.1) is 0 Å². The Morgan fingerprint density at radius 1 is 1.10 bits per heavy atom. The molecule has 0 bridgehead atoms. The second-order valence-corrected chi connectivity index (χ2v) is 8.59. The average Bonchev–Trinajstić information content (AvgIpc) is 1.88. The highest BCUT2D eigenvalue weighted by Crippen LogP contribution is 2.39. The molecule has 1 fully saturated rings. The van der Waals surface area contributed by atoms with Crippen molar-refractivity contribution in [1.29, 1.82) is 0 Å². The molecule has 10 heavy (non-hydrogen) atoms. The standard InChI is InChI=1S/C4H5Br3O3/c5-4(6,7)3-9-1-8-2-10-3/h3H,1-2H2. The van der Waals surface area contributed by atoms with Gasteiger partial charge in [0.2, 0.25) is 0 Å². The molecule has 0 radical (unpaired) electrons. The van der Waals surface area contributed by atoms with Crippen LogP contribution in [0.15, 0.2) is 0 Å². The van der Waals surface area contributed by atoms with Crippen LogP contribution >= 0.6 is 47.8 Å². The first-order valence-electron chi connectivity index (χ1n) is 2.48. The monoisotopic (exact) mass is 338 g/mol. The summed E-state index contributed by atoms with van der Waals surface area (Å²) in [6.45, 7) is 0.518. The molecule has 0 aromatic heterocycles. The number of rotatable bonds is 0. The second kappa shape index (κ2) is 3.82. The first-order valence-corrected chi connectivity index (χ1v) is 4.86. The fourth-order valence-electron chi connectivity index (χ4n) is 0.491. The van der Waals surface area contributed by atoms with E-state index in [0.717, 1.165) is 0 Å². The van der Waals surface area contributed by atoms with E-state index in [1.165, 1.54) is 0 Å². The highest BCUT2D eigenvalue weighted by Gasteiger charge is 2.34. The summed E-state index contributed by atoms with van der Waals surface area (Å²) in [5.74, 6) is 0. The van der Waals surface area contributed by atoms with Crippen LogP contribution in [-0.2, 0) is 14.2 Å². The Morgan fingerprint density at radius 3 is 1.90 bits per heavy atom. The molecule has 0 atom stereocenters. The van der Waals surface area contributed by atoms with Crippen LogP contribution < -0.4 is 0 Å². The molecule has 60 valence electrons. The Bertz CT molecular complexity index is 107. The molecule has 0 amide bonds. The lowest BCUT2D eigenvalue weighted by Gasteiger charge is -2.28. The van der Waals surface area contributed by atoms with E-state index in [4.69, 9.17) is 14.2 Å². The molecule has 0 aromatic rings. The van der Waals surface area contributed by atoms with Gasteiger partial charge >= 0.3 is 0 Å². The van der Waals surface area contributed by atoms with Crippen LogP contribution in [0.2, 0.25) is 0 Å². The van der Waals surface area contributed by atoms with E-state index in [1.54, 1.807) is 0 Å². The Morgan fingerprint density at radius 2 is 1.60 bits per heavy atom. The smallest absolute Gasteiger partial charge is 0.198 e. The summed E-state index contributed by atoms with van der Waals surface area (Å²) >= 11 is 9.80. The predicted octanol–water partition coefficient (Wildman–Crippen LogP) is 2.13. The Labute approximate surface area is 83.8 Å². The molecule has 1 rings (SSSR count). The van der Waals surface area contributed by atoms with Gasteiger partial charge in [-0.05, 0) is 0 Å². The van der Waals surface area contributed by atoms with Gasteiger partial charge in [-0.15, -0.1) is 0 Å². The highest BCUT2D eigenvalue weighted by atomic mass is 80.0. The van der Waals surface area contributed by atoms with E-state index in [0.29, 0.717) is 0 Å². The molecular formula is C4H5Br3O3. The quantitative estimate of drug-likeness (QED) is 0.632. The van der Waals surface area contributed by atoms with Gasteiger partial charge in [-0.1, -0.05) is 47.8 Å². The first kappa shape index (κ1) is 9.41. The summed E-state index contributed by atoms with van der Waals surface area (Å²) in [6.07, 6.45) is -0.374. The van der Waals surface area contributed by atoms with E-state index in [2.05, 4.69) is 47.8 Å². The third-order valence-corrected chi connectivity index (χ3v) is 1.99. The summed E-state index contributed by atoms with van der Waals surface area (Å²) < 4.78 is 14.4. The fraction of sp³-hybridized carbons (Fsp3) is 1.00. The lowest BCUT2D eigenvalue weighted by atomic mass is 10.7. The van der Waals surface area contributed by atoms with Crippen molar-refractivity contribution in [2.75, 3.05) is 13.6 Å². The molecule has 3 nitrogen and oxygen atoms in total. The van der Waals surface area contributed by atoms with Gasteiger partial charge in [0.1, 0.15) is 0 Å². The number of ether oxygens (including phenoxy) is 3. The van der Waals surface area contributed by atoms with E-state index in [1.807, 2.05) is 0 Å². The third kappa shape index (κ3) is 2.75. The summed E-state index contributed by atoms with van der Waals surface area (Å²) in [6, 6.07) is 0. The lowest BCUT2D eigenvalue weighted by molar-refractivity contribution is -0.293. The van der Waals surface area contributed by atoms with Gasteiger partial charge in [-0.3, -0.25) is 0 Å². The molecule has 1 aliphatic rings. The molecule has 0 aromatic carbocycles. The zero-order chi connectivity index (χ0) is 7.61. The maximum Gasteiger partial charge on any atom is 0.198 e. The normalized spacial score (nSPS) is 23.1. The molecule has 6 heteroatoms. The van der Waals surface area contributed by atoms with Crippen LogP contribution in [0.3, 0.4) is 0 Å². The van der Waals surface area contributed by atoms with Crippen molar-refractivity contribution >= 4 is 47.8 Å². The Hall–Kier alpha value is 1.32. The minimum absolute atomic E-state index is 0.259. The number of hydrogen-bond acceptors (Lipinski definition) is 3. The van der Waals surface area contributed by atoms with Crippen molar-refractivity contribution in [3.63, 3.8) is 0 Å². The van der Waals surface area contributed by atoms with Gasteiger partial charge in [-0.25, -0.2) is 0 Å². The molecule has 1 aliphatic heterocycles. The van der Waals surface area contributed by atoms with Gasteiger partial charge in [0.05, 0.1) is 0 Å². The first-order chi connectivity index (χ1) is 4.61. The third-order valence-electron chi connectivity index (χ3n) is 0.873. The fourth-order valence-corrected chi connectivity index (χ4v) is 1.28. The SMILES string of the molecule is BrC(Br)(Br)C1OCOCO1. The van der Waals surface area contributed by atoms with Crippen molar-refractivity contribution in [2.45, 2.75) is 8.43 Å².